The van der Waals surface area contributed by atoms with Gasteiger partial charge in [0.15, 0.2) is 0 Å². The van der Waals surface area contributed by atoms with Crippen molar-refractivity contribution in [3.63, 3.8) is 0 Å². The fourth-order valence-corrected chi connectivity index (χ4v) is 3.43. The molecular formula is C16H18BrN3O. The number of amides is 1. The average Bonchev–Trinajstić information content (AvgIpc) is 3.33. The molecule has 1 aromatic rings. The van der Waals surface area contributed by atoms with Crippen LogP contribution in [0.5, 0.6) is 0 Å². The van der Waals surface area contributed by atoms with E-state index in [-0.39, 0.29) is 0 Å². The summed E-state index contributed by atoms with van der Waals surface area (Å²) in [5.74, 6) is 0.647. The summed E-state index contributed by atoms with van der Waals surface area (Å²) < 4.78 is 0.948. The van der Waals surface area contributed by atoms with E-state index in [1.54, 1.807) is 0 Å². The lowest BCUT2D eigenvalue weighted by molar-refractivity contribution is -0.132. The standard InChI is InChI=1S/C16H18BrN3O/c17-14-10-12(11-18)2-5-15(14)19-6-1-7-20(9-8-19)16(21)13-3-4-13/h2,5,10,13H,1,3-4,6-9H2. The summed E-state index contributed by atoms with van der Waals surface area (Å²) in [4.78, 5) is 16.5. The lowest BCUT2D eigenvalue weighted by atomic mass is 10.2. The number of hydrogen-bond acceptors (Lipinski definition) is 3. The van der Waals surface area contributed by atoms with Gasteiger partial charge >= 0.3 is 0 Å². The topological polar surface area (TPSA) is 47.3 Å². The summed E-state index contributed by atoms with van der Waals surface area (Å²) in [6, 6.07) is 7.84. The molecule has 0 spiro atoms. The third-order valence-corrected chi connectivity index (χ3v) is 4.79. The van der Waals surface area contributed by atoms with Crippen molar-refractivity contribution in [2.75, 3.05) is 31.1 Å². The molecular weight excluding hydrogens is 330 g/mol. The van der Waals surface area contributed by atoms with Crippen molar-refractivity contribution < 1.29 is 4.79 Å². The minimum Gasteiger partial charge on any atom is -0.369 e. The Morgan fingerprint density at radius 1 is 1.24 bits per heavy atom. The fraction of sp³-hybridized carbons (Fsp3) is 0.500. The summed E-state index contributed by atoms with van der Waals surface area (Å²) in [5.41, 5.74) is 1.76. The number of anilines is 1. The largest absolute Gasteiger partial charge is 0.369 e. The normalized spacial score (nSPS) is 19.0. The number of nitriles is 1. The molecule has 2 aliphatic rings. The van der Waals surface area contributed by atoms with Gasteiger partial charge in [0, 0.05) is 36.6 Å². The van der Waals surface area contributed by atoms with Gasteiger partial charge in [-0.2, -0.15) is 5.26 Å². The summed E-state index contributed by atoms with van der Waals surface area (Å²) in [6.07, 6.45) is 3.13. The third kappa shape index (κ3) is 3.21. The SMILES string of the molecule is N#Cc1ccc(N2CCCN(C(=O)C3CC3)CC2)c(Br)c1. The first-order chi connectivity index (χ1) is 10.2. The summed E-state index contributed by atoms with van der Waals surface area (Å²) in [6.45, 7) is 3.45. The minimum absolute atomic E-state index is 0.304. The maximum Gasteiger partial charge on any atom is 0.225 e. The van der Waals surface area contributed by atoms with E-state index in [0.717, 1.165) is 55.6 Å². The van der Waals surface area contributed by atoms with E-state index < -0.39 is 0 Å². The van der Waals surface area contributed by atoms with Crippen molar-refractivity contribution in [2.24, 2.45) is 5.92 Å². The van der Waals surface area contributed by atoms with Crippen molar-refractivity contribution in [3.8, 4) is 6.07 Å². The van der Waals surface area contributed by atoms with Crippen LogP contribution in [-0.2, 0) is 4.79 Å². The highest BCUT2D eigenvalue weighted by molar-refractivity contribution is 9.10. The molecule has 1 amide bonds. The van der Waals surface area contributed by atoms with Crippen LogP contribution in [0.3, 0.4) is 0 Å². The molecule has 1 aliphatic carbocycles. The molecule has 1 saturated heterocycles. The maximum atomic E-state index is 12.2. The van der Waals surface area contributed by atoms with Gasteiger partial charge in [-0.15, -0.1) is 0 Å². The first-order valence-corrected chi connectivity index (χ1v) is 8.22. The monoisotopic (exact) mass is 347 g/mol. The van der Waals surface area contributed by atoms with Crippen LogP contribution in [0, 0.1) is 17.2 Å². The van der Waals surface area contributed by atoms with E-state index in [1.807, 2.05) is 23.1 Å². The third-order valence-electron chi connectivity index (χ3n) is 4.15. The Labute approximate surface area is 133 Å². The van der Waals surface area contributed by atoms with Crippen LogP contribution in [0.4, 0.5) is 5.69 Å². The quantitative estimate of drug-likeness (QED) is 0.826. The van der Waals surface area contributed by atoms with Gasteiger partial charge in [-0.1, -0.05) is 0 Å². The molecule has 1 aromatic carbocycles. The van der Waals surface area contributed by atoms with Gasteiger partial charge in [0.05, 0.1) is 17.3 Å². The van der Waals surface area contributed by atoms with Crippen molar-refractivity contribution in [3.05, 3.63) is 28.2 Å². The minimum atomic E-state index is 0.304. The molecule has 110 valence electrons. The molecule has 0 radical (unpaired) electrons. The molecule has 0 aromatic heterocycles. The van der Waals surface area contributed by atoms with Gasteiger partial charge in [-0.25, -0.2) is 0 Å². The average molecular weight is 348 g/mol. The van der Waals surface area contributed by atoms with Gasteiger partial charge in [-0.3, -0.25) is 4.79 Å². The summed E-state index contributed by atoms with van der Waals surface area (Å²) >= 11 is 3.55. The molecule has 1 aliphatic heterocycles. The molecule has 0 unspecified atom stereocenters. The smallest absolute Gasteiger partial charge is 0.225 e. The Balaban J connectivity index is 1.70. The zero-order valence-electron chi connectivity index (χ0n) is 11.9. The summed E-state index contributed by atoms with van der Waals surface area (Å²) in [5, 5.41) is 8.93. The molecule has 0 atom stereocenters. The molecule has 4 nitrogen and oxygen atoms in total. The van der Waals surface area contributed by atoms with Gasteiger partial charge in [0.2, 0.25) is 5.91 Å². The van der Waals surface area contributed by atoms with E-state index >= 15 is 0 Å². The fourth-order valence-electron chi connectivity index (χ4n) is 2.80. The van der Waals surface area contributed by atoms with Gasteiger partial charge in [-0.05, 0) is 53.4 Å². The maximum absolute atomic E-state index is 12.2. The first kappa shape index (κ1) is 14.4. The van der Waals surface area contributed by atoms with Crippen LogP contribution in [-0.4, -0.2) is 37.0 Å². The Kier molecular flexibility index (Phi) is 4.16. The van der Waals surface area contributed by atoms with Crippen LogP contribution >= 0.6 is 15.9 Å². The second kappa shape index (κ2) is 6.07. The van der Waals surface area contributed by atoms with E-state index in [1.165, 1.54) is 0 Å². The second-order valence-electron chi connectivity index (χ2n) is 5.72. The molecule has 1 saturated carbocycles. The lowest BCUT2D eigenvalue weighted by Gasteiger charge is -2.24. The predicted molar refractivity (Wildman–Crippen MR) is 85.0 cm³/mol. The Bertz CT molecular complexity index is 592. The Morgan fingerprint density at radius 3 is 2.71 bits per heavy atom. The number of benzene rings is 1. The molecule has 5 heteroatoms. The zero-order chi connectivity index (χ0) is 14.8. The van der Waals surface area contributed by atoms with Crippen LogP contribution < -0.4 is 4.90 Å². The first-order valence-electron chi connectivity index (χ1n) is 7.42. The summed E-state index contributed by atoms with van der Waals surface area (Å²) in [7, 11) is 0. The second-order valence-corrected chi connectivity index (χ2v) is 6.57. The van der Waals surface area contributed by atoms with E-state index in [9.17, 15) is 4.79 Å². The van der Waals surface area contributed by atoms with Gasteiger partial charge < -0.3 is 9.80 Å². The van der Waals surface area contributed by atoms with E-state index in [4.69, 9.17) is 5.26 Å². The molecule has 2 fully saturated rings. The highest BCUT2D eigenvalue weighted by atomic mass is 79.9. The van der Waals surface area contributed by atoms with Crippen molar-refractivity contribution in [1.82, 2.24) is 4.90 Å². The highest BCUT2D eigenvalue weighted by Crippen LogP contribution is 2.32. The van der Waals surface area contributed by atoms with E-state index in [2.05, 4.69) is 26.9 Å². The van der Waals surface area contributed by atoms with Gasteiger partial charge in [0.1, 0.15) is 0 Å². The number of nitrogens with zero attached hydrogens (tertiary/aromatic N) is 3. The Hall–Kier alpha value is -1.54. The Morgan fingerprint density at radius 2 is 2.05 bits per heavy atom. The molecule has 21 heavy (non-hydrogen) atoms. The van der Waals surface area contributed by atoms with Crippen molar-refractivity contribution in [2.45, 2.75) is 19.3 Å². The molecule has 0 bridgehead atoms. The van der Waals surface area contributed by atoms with Crippen LogP contribution in [0.25, 0.3) is 0 Å². The number of halogens is 1. The molecule has 0 N–H and O–H groups in total. The number of rotatable bonds is 2. The lowest BCUT2D eigenvalue weighted by Crippen LogP contribution is -2.36. The van der Waals surface area contributed by atoms with E-state index in [0.29, 0.717) is 17.4 Å². The number of hydrogen-bond donors (Lipinski definition) is 0. The number of carbonyl (C=O) groups is 1. The van der Waals surface area contributed by atoms with Gasteiger partial charge in [0.25, 0.3) is 0 Å². The number of carbonyl (C=O) groups excluding carboxylic acids is 1. The molecule has 1 heterocycles. The van der Waals surface area contributed by atoms with Crippen molar-refractivity contribution >= 4 is 27.5 Å². The molecule has 3 rings (SSSR count). The van der Waals surface area contributed by atoms with Crippen LogP contribution in [0.2, 0.25) is 0 Å². The highest BCUT2D eigenvalue weighted by Gasteiger charge is 2.34. The predicted octanol–water partition coefficient (Wildman–Crippen LogP) is 2.77. The van der Waals surface area contributed by atoms with Crippen molar-refractivity contribution in [1.29, 1.82) is 5.26 Å². The van der Waals surface area contributed by atoms with Crippen LogP contribution in [0.1, 0.15) is 24.8 Å². The van der Waals surface area contributed by atoms with Crippen LogP contribution in [0.15, 0.2) is 22.7 Å². The zero-order valence-corrected chi connectivity index (χ0v) is 13.5.